The third-order valence-electron chi connectivity index (χ3n) is 3.29. The number of nitrogens with one attached hydrogen (secondary N) is 1. The first kappa shape index (κ1) is 22.4. The van der Waals surface area contributed by atoms with E-state index in [1.807, 2.05) is 0 Å². The van der Waals surface area contributed by atoms with Crippen LogP contribution in [0.25, 0.3) is 0 Å². The van der Waals surface area contributed by atoms with Gasteiger partial charge in [0.2, 0.25) is 0 Å². The number of alkyl carbamates (subject to hydrolysis) is 1. The van der Waals surface area contributed by atoms with Crippen molar-refractivity contribution in [2.75, 3.05) is 20.8 Å². The number of phosphoric acid groups is 1. The molecule has 2 atom stereocenters. The van der Waals surface area contributed by atoms with Crippen molar-refractivity contribution >= 4 is 13.9 Å². The summed E-state index contributed by atoms with van der Waals surface area (Å²) in [6, 6.07) is 6.85. The lowest BCUT2D eigenvalue weighted by molar-refractivity contribution is -0.203. The Labute approximate surface area is 149 Å². The quantitative estimate of drug-likeness (QED) is 0.627. The van der Waals surface area contributed by atoms with E-state index in [4.69, 9.17) is 4.74 Å². The normalized spacial score (nSPS) is 14.5. The molecule has 0 saturated heterocycles. The molecule has 26 heavy (non-hydrogen) atoms. The lowest BCUT2D eigenvalue weighted by Gasteiger charge is -2.28. The minimum Gasteiger partial charge on any atom is -0.450 e. The lowest BCUT2D eigenvalue weighted by atomic mass is 10.0. The lowest BCUT2D eigenvalue weighted by Crippen LogP contribution is -2.38. The van der Waals surface area contributed by atoms with Crippen LogP contribution in [0.3, 0.4) is 0 Å². The molecule has 7 nitrogen and oxygen atoms in total. The van der Waals surface area contributed by atoms with Gasteiger partial charge in [0.05, 0.1) is 12.6 Å². The number of ether oxygens (including phenoxy) is 1. The molecule has 1 aromatic rings. The van der Waals surface area contributed by atoms with Crippen LogP contribution in [-0.4, -0.2) is 39.2 Å². The largest absolute Gasteiger partial charge is 0.474 e. The molecular weight excluding hydrogens is 378 g/mol. The van der Waals surface area contributed by atoms with Crippen LogP contribution in [0.5, 0.6) is 0 Å². The molecule has 1 N–H and O–H groups in total. The maximum Gasteiger partial charge on any atom is 0.474 e. The summed E-state index contributed by atoms with van der Waals surface area (Å²) in [7, 11) is -2.58. The molecular formula is C15H21F3NO6P. The van der Waals surface area contributed by atoms with Crippen molar-refractivity contribution in [1.29, 1.82) is 0 Å². The molecule has 1 amide bonds. The van der Waals surface area contributed by atoms with Gasteiger partial charge in [0.15, 0.2) is 6.10 Å². The number of rotatable bonds is 9. The van der Waals surface area contributed by atoms with E-state index in [1.54, 1.807) is 25.1 Å². The Balaban J connectivity index is 3.09. The zero-order chi connectivity index (χ0) is 19.8. The van der Waals surface area contributed by atoms with Gasteiger partial charge in [0.25, 0.3) is 0 Å². The van der Waals surface area contributed by atoms with E-state index in [0.29, 0.717) is 5.56 Å². The maximum atomic E-state index is 13.4. The summed E-state index contributed by atoms with van der Waals surface area (Å²) >= 11 is 0. The number of hydrogen-bond donors (Lipinski definition) is 1. The second-order valence-electron chi connectivity index (χ2n) is 5.01. The van der Waals surface area contributed by atoms with Gasteiger partial charge in [-0.15, -0.1) is 0 Å². The summed E-state index contributed by atoms with van der Waals surface area (Å²) in [5.74, 6) is 0. The Bertz CT molecular complexity index is 605. The highest BCUT2D eigenvalue weighted by Crippen LogP contribution is 2.52. The summed E-state index contributed by atoms with van der Waals surface area (Å²) in [5, 5.41) is 2.35. The molecule has 0 spiro atoms. The number of carbonyl (C=O) groups excluding carboxylic acids is 1. The molecule has 0 heterocycles. The zero-order valence-corrected chi connectivity index (χ0v) is 15.4. The third kappa shape index (κ3) is 6.95. The molecule has 0 aliphatic heterocycles. The molecule has 0 aliphatic carbocycles. The number of benzene rings is 1. The Morgan fingerprint density at radius 1 is 1.19 bits per heavy atom. The fourth-order valence-corrected chi connectivity index (χ4v) is 2.88. The fraction of sp³-hybridized carbons (Fsp3) is 0.533. The van der Waals surface area contributed by atoms with Crippen LogP contribution in [-0.2, 0) is 22.9 Å². The van der Waals surface area contributed by atoms with Crippen LogP contribution in [0, 0.1) is 0 Å². The van der Waals surface area contributed by atoms with E-state index >= 15 is 0 Å². The molecule has 1 rings (SSSR count). The van der Waals surface area contributed by atoms with Crippen LogP contribution in [0.2, 0.25) is 0 Å². The average Bonchev–Trinajstić information content (AvgIpc) is 2.60. The van der Waals surface area contributed by atoms with Gasteiger partial charge in [0, 0.05) is 20.6 Å². The topological polar surface area (TPSA) is 83.1 Å². The van der Waals surface area contributed by atoms with E-state index in [1.165, 1.54) is 12.1 Å². The summed E-state index contributed by atoms with van der Waals surface area (Å²) in [6.45, 7) is 1.61. The highest BCUT2D eigenvalue weighted by atomic mass is 31.2. The van der Waals surface area contributed by atoms with Crippen LogP contribution in [0.4, 0.5) is 18.0 Å². The van der Waals surface area contributed by atoms with Crippen molar-refractivity contribution in [2.45, 2.75) is 31.7 Å². The van der Waals surface area contributed by atoms with Crippen molar-refractivity contribution in [3.05, 3.63) is 35.9 Å². The Morgan fingerprint density at radius 3 is 2.23 bits per heavy atom. The molecule has 0 radical (unpaired) electrons. The van der Waals surface area contributed by atoms with Gasteiger partial charge in [-0.2, -0.15) is 13.2 Å². The van der Waals surface area contributed by atoms with Crippen molar-refractivity contribution in [3.8, 4) is 0 Å². The Kier molecular flexibility index (Phi) is 8.55. The van der Waals surface area contributed by atoms with Crippen molar-refractivity contribution in [1.82, 2.24) is 5.32 Å². The van der Waals surface area contributed by atoms with Gasteiger partial charge in [0.1, 0.15) is 0 Å². The number of halogens is 3. The molecule has 0 fully saturated rings. The van der Waals surface area contributed by atoms with Crippen LogP contribution >= 0.6 is 7.82 Å². The zero-order valence-electron chi connectivity index (χ0n) is 14.5. The van der Waals surface area contributed by atoms with Crippen LogP contribution in [0.15, 0.2) is 30.3 Å². The van der Waals surface area contributed by atoms with Gasteiger partial charge in [-0.25, -0.2) is 9.36 Å². The standard InChI is InChI=1S/C15H21F3NO6P/c1-4-24-14(20)19-12(11-8-6-5-7-9-11)10-13(15(16,17)18)25-26(21,22-2)23-3/h5-9,12-13H,4,10H2,1-3H3,(H,19,20). The van der Waals surface area contributed by atoms with Crippen LogP contribution in [0.1, 0.15) is 24.9 Å². The number of phosphoric ester groups is 1. The number of hydrogen-bond acceptors (Lipinski definition) is 6. The van der Waals surface area contributed by atoms with Gasteiger partial charge in [-0.3, -0.25) is 13.6 Å². The van der Waals surface area contributed by atoms with E-state index in [-0.39, 0.29) is 6.61 Å². The third-order valence-corrected chi connectivity index (χ3v) is 4.69. The van der Waals surface area contributed by atoms with Gasteiger partial charge in [-0.1, -0.05) is 30.3 Å². The predicted molar refractivity (Wildman–Crippen MR) is 86.5 cm³/mol. The highest BCUT2D eigenvalue weighted by Gasteiger charge is 2.47. The molecule has 11 heteroatoms. The summed E-state index contributed by atoms with van der Waals surface area (Å²) in [5.41, 5.74) is 0.392. The maximum absolute atomic E-state index is 13.4. The Hall–Kier alpha value is -1.61. The Morgan fingerprint density at radius 2 is 1.77 bits per heavy atom. The molecule has 148 valence electrons. The van der Waals surface area contributed by atoms with Crippen LogP contribution < -0.4 is 5.32 Å². The fourth-order valence-electron chi connectivity index (χ4n) is 2.05. The summed E-state index contributed by atoms with van der Waals surface area (Å²) < 4.78 is 70.3. The SMILES string of the molecule is CCOC(=O)NC(CC(OP(=O)(OC)OC)C(F)(F)F)c1ccccc1. The second-order valence-corrected chi connectivity index (χ2v) is 6.85. The molecule has 0 aromatic heterocycles. The first-order valence-corrected chi connectivity index (χ1v) is 9.06. The number of amides is 1. The van der Waals surface area contributed by atoms with E-state index in [0.717, 1.165) is 14.2 Å². The molecule has 0 aliphatic rings. The van der Waals surface area contributed by atoms with Gasteiger partial charge in [-0.05, 0) is 12.5 Å². The molecule has 0 bridgehead atoms. The molecule has 2 unspecified atom stereocenters. The first-order valence-electron chi connectivity index (χ1n) is 7.60. The van der Waals surface area contributed by atoms with E-state index in [2.05, 4.69) is 18.9 Å². The minimum absolute atomic E-state index is 0.0507. The second kappa shape index (κ2) is 9.91. The van der Waals surface area contributed by atoms with Crippen molar-refractivity contribution in [3.63, 3.8) is 0 Å². The predicted octanol–water partition coefficient (Wildman–Crippen LogP) is 4.21. The monoisotopic (exact) mass is 399 g/mol. The average molecular weight is 399 g/mol. The summed E-state index contributed by atoms with van der Waals surface area (Å²) in [4.78, 5) is 11.7. The molecule has 1 aromatic carbocycles. The highest BCUT2D eigenvalue weighted by molar-refractivity contribution is 7.48. The molecule has 0 saturated carbocycles. The summed E-state index contributed by atoms with van der Waals surface area (Å²) in [6.07, 6.45) is -9.04. The first-order chi connectivity index (χ1) is 12.1. The van der Waals surface area contributed by atoms with Crippen molar-refractivity contribution in [2.24, 2.45) is 0 Å². The number of carbonyl (C=O) groups is 1. The number of alkyl halides is 3. The van der Waals surface area contributed by atoms with Gasteiger partial charge < -0.3 is 10.1 Å². The van der Waals surface area contributed by atoms with Crippen molar-refractivity contribution < 1.29 is 40.8 Å². The van der Waals surface area contributed by atoms with E-state index < -0.39 is 38.7 Å². The van der Waals surface area contributed by atoms with E-state index in [9.17, 15) is 22.5 Å². The minimum atomic E-state index is -4.88. The smallest absolute Gasteiger partial charge is 0.450 e. The van der Waals surface area contributed by atoms with Gasteiger partial charge >= 0.3 is 20.1 Å².